The Bertz CT molecular complexity index is 582. The van der Waals surface area contributed by atoms with E-state index in [1.807, 2.05) is 43.3 Å². The molecule has 0 spiro atoms. The van der Waals surface area contributed by atoms with Crippen LogP contribution in [0.2, 0.25) is 0 Å². The van der Waals surface area contributed by atoms with Gasteiger partial charge >= 0.3 is 0 Å². The van der Waals surface area contributed by atoms with Crippen molar-refractivity contribution in [3.05, 3.63) is 54.1 Å². The maximum absolute atomic E-state index is 7.54. The number of nitrogens with one attached hydrogen (secondary N) is 1. The van der Waals surface area contributed by atoms with E-state index in [4.69, 9.17) is 20.6 Å². The number of nitrogens with two attached hydrogens (primary N) is 1. The summed E-state index contributed by atoms with van der Waals surface area (Å²) in [5, 5.41) is 7.54. The molecule has 0 aromatic heterocycles. The maximum atomic E-state index is 7.54. The van der Waals surface area contributed by atoms with Gasteiger partial charge in [0.15, 0.2) is 11.5 Å². The minimum absolute atomic E-state index is 0.0236. The Labute approximate surface area is 112 Å². The van der Waals surface area contributed by atoms with Crippen LogP contribution in [0.4, 0.5) is 0 Å². The number of rotatable bonds is 5. The van der Waals surface area contributed by atoms with E-state index in [1.165, 1.54) is 0 Å². The van der Waals surface area contributed by atoms with Crippen molar-refractivity contribution < 1.29 is 9.47 Å². The Balaban J connectivity index is 2.34. The molecule has 0 radical (unpaired) electrons. The van der Waals surface area contributed by atoms with Crippen molar-refractivity contribution >= 4 is 5.84 Å². The van der Waals surface area contributed by atoms with Crippen molar-refractivity contribution in [3.8, 4) is 17.2 Å². The summed E-state index contributed by atoms with van der Waals surface area (Å²) in [6.07, 6.45) is 0. The Kier molecular flexibility index (Phi) is 4.03. The number of nitrogen functional groups attached to an aromatic ring is 1. The summed E-state index contributed by atoms with van der Waals surface area (Å²) in [7, 11) is 0. The second-order valence-corrected chi connectivity index (χ2v) is 3.89. The van der Waals surface area contributed by atoms with Crippen LogP contribution in [0.1, 0.15) is 12.5 Å². The van der Waals surface area contributed by atoms with Gasteiger partial charge in [0.2, 0.25) is 0 Å². The molecule has 0 saturated carbocycles. The molecule has 98 valence electrons. The molecule has 0 amide bonds. The summed E-state index contributed by atoms with van der Waals surface area (Å²) in [5.74, 6) is 1.80. The van der Waals surface area contributed by atoms with Gasteiger partial charge in [0, 0.05) is 0 Å². The third-order valence-electron chi connectivity index (χ3n) is 2.55. The fourth-order valence-corrected chi connectivity index (χ4v) is 1.71. The second kappa shape index (κ2) is 5.91. The Hall–Kier alpha value is -2.49. The van der Waals surface area contributed by atoms with Crippen LogP contribution in [0.25, 0.3) is 0 Å². The summed E-state index contributed by atoms with van der Waals surface area (Å²) in [6, 6.07) is 14.6. The van der Waals surface area contributed by atoms with Crippen molar-refractivity contribution in [2.24, 2.45) is 5.73 Å². The largest absolute Gasteiger partial charge is 0.490 e. The zero-order valence-electron chi connectivity index (χ0n) is 10.7. The molecule has 0 atom stereocenters. The third kappa shape index (κ3) is 3.04. The minimum atomic E-state index is -0.0236. The van der Waals surface area contributed by atoms with Crippen LogP contribution in [-0.2, 0) is 0 Å². The number of ether oxygens (including phenoxy) is 2. The van der Waals surface area contributed by atoms with Crippen LogP contribution < -0.4 is 15.2 Å². The molecule has 0 heterocycles. The molecular formula is C15H16N2O2. The average Bonchev–Trinajstić information content (AvgIpc) is 2.42. The highest BCUT2D eigenvalue weighted by Gasteiger charge is 2.09. The number of para-hydroxylation sites is 3. The number of amidine groups is 1. The summed E-state index contributed by atoms with van der Waals surface area (Å²) in [6.45, 7) is 2.48. The minimum Gasteiger partial charge on any atom is -0.490 e. The first-order chi connectivity index (χ1) is 9.22. The lowest BCUT2D eigenvalue weighted by atomic mass is 10.2. The topological polar surface area (TPSA) is 68.3 Å². The normalized spacial score (nSPS) is 9.95. The molecule has 0 unspecified atom stereocenters. The molecular weight excluding hydrogens is 240 g/mol. The molecule has 19 heavy (non-hydrogen) atoms. The molecule has 0 aliphatic heterocycles. The quantitative estimate of drug-likeness (QED) is 0.637. The van der Waals surface area contributed by atoms with Gasteiger partial charge in [0.05, 0.1) is 12.2 Å². The fraction of sp³-hybridized carbons (Fsp3) is 0.133. The van der Waals surface area contributed by atoms with Gasteiger partial charge in [0.25, 0.3) is 0 Å². The first kappa shape index (κ1) is 13.0. The molecule has 0 fully saturated rings. The van der Waals surface area contributed by atoms with Gasteiger partial charge in [-0.25, -0.2) is 0 Å². The van der Waals surface area contributed by atoms with E-state index in [1.54, 1.807) is 12.1 Å². The van der Waals surface area contributed by atoms with Crippen LogP contribution in [0.3, 0.4) is 0 Å². The van der Waals surface area contributed by atoms with E-state index < -0.39 is 0 Å². The number of hydrogen-bond donors (Lipinski definition) is 2. The molecule has 0 bridgehead atoms. The molecule has 0 aliphatic carbocycles. The summed E-state index contributed by atoms with van der Waals surface area (Å²) in [5.41, 5.74) is 6.10. The molecule has 2 aromatic carbocycles. The van der Waals surface area contributed by atoms with Crippen LogP contribution in [0.5, 0.6) is 17.2 Å². The molecule has 0 saturated heterocycles. The SMILES string of the molecule is CCOc1ccccc1Oc1ccccc1C(=N)N. The first-order valence-electron chi connectivity index (χ1n) is 6.05. The Morgan fingerprint density at radius 3 is 2.21 bits per heavy atom. The van der Waals surface area contributed by atoms with Gasteiger partial charge in [-0.05, 0) is 31.2 Å². The lowest BCUT2D eigenvalue weighted by Gasteiger charge is -2.13. The second-order valence-electron chi connectivity index (χ2n) is 3.89. The number of benzene rings is 2. The molecule has 2 aromatic rings. The van der Waals surface area contributed by atoms with E-state index in [0.717, 1.165) is 0 Å². The fourth-order valence-electron chi connectivity index (χ4n) is 1.71. The Morgan fingerprint density at radius 2 is 1.58 bits per heavy atom. The molecule has 3 N–H and O–H groups in total. The van der Waals surface area contributed by atoms with Crippen molar-refractivity contribution in [2.45, 2.75) is 6.92 Å². The van der Waals surface area contributed by atoms with Crippen LogP contribution in [0.15, 0.2) is 48.5 Å². The number of hydrogen-bond acceptors (Lipinski definition) is 3. The monoisotopic (exact) mass is 256 g/mol. The molecule has 0 aliphatic rings. The Morgan fingerprint density at radius 1 is 1.00 bits per heavy atom. The molecule has 4 heteroatoms. The van der Waals surface area contributed by atoms with E-state index in [2.05, 4.69) is 0 Å². The zero-order chi connectivity index (χ0) is 13.7. The van der Waals surface area contributed by atoms with Gasteiger partial charge in [-0.1, -0.05) is 24.3 Å². The van der Waals surface area contributed by atoms with Gasteiger partial charge in [-0.3, -0.25) is 5.41 Å². The van der Waals surface area contributed by atoms with Crippen molar-refractivity contribution in [1.29, 1.82) is 5.41 Å². The highest BCUT2D eigenvalue weighted by atomic mass is 16.5. The van der Waals surface area contributed by atoms with E-state index in [9.17, 15) is 0 Å². The molecule has 4 nitrogen and oxygen atoms in total. The van der Waals surface area contributed by atoms with Crippen molar-refractivity contribution in [2.75, 3.05) is 6.61 Å². The van der Waals surface area contributed by atoms with Crippen LogP contribution >= 0.6 is 0 Å². The first-order valence-corrected chi connectivity index (χ1v) is 6.05. The van der Waals surface area contributed by atoms with Crippen molar-refractivity contribution in [3.63, 3.8) is 0 Å². The summed E-state index contributed by atoms with van der Waals surface area (Å²) >= 11 is 0. The van der Waals surface area contributed by atoms with E-state index in [-0.39, 0.29) is 5.84 Å². The lowest BCUT2D eigenvalue weighted by Crippen LogP contribution is -2.12. The van der Waals surface area contributed by atoms with Crippen LogP contribution in [0, 0.1) is 5.41 Å². The van der Waals surface area contributed by atoms with Gasteiger partial charge in [-0.2, -0.15) is 0 Å². The highest BCUT2D eigenvalue weighted by molar-refractivity contribution is 5.97. The summed E-state index contributed by atoms with van der Waals surface area (Å²) < 4.78 is 11.3. The average molecular weight is 256 g/mol. The van der Waals surface area contributed by atoms with E-state index in [0.29, 0.717) is 29.4 Å². The smallest absolute Gasteiger partial charge is 0.169 e. The lowest BCUT2D eigenvalue weighted by molar-refractivity contribution is 0.321. The van der Waals surface area contributed by atoms with E-state index >= 15 is 0 Å². The van der Waals surface area contributed by atoms with Crippen LogP contribution in [-0.4, -0.2) is 12.4 Å². The highest BCUT2D eigenvalue weighted by Crippen LogP contribution is 2.32. The van der Waals surface area contributed by atoms with Gasteiger partial charge in [-0.15, -0.1) is 0 Å². The predicted octanol–water partition coefficient (Wildman–Crippen LogP) is 3.16. The standard InChI is InChI=1S/C15H16N2O2/c1-2-18-13-9-5-6-10-14(13)19-12-8-4-3-7-11(12)15(16)17/h3-10H,2H2,1H3,(H3,16,17). The van der Waals surface area contributed by atoms with Gasteiger partial charge in [0.1, 0.15) is 11.6 Å². The predicted molar refractivity (Wildman–Crippen MR) is 75.1 cm³/mol. The maximum Gasteiger partial charge on any atom is 0.169 e. The summed E-state index contributed by atoms with van der Waals surface area (Å²) in [4.78, 5) is 0. The zero-order valence-corrected chi connectivity index (χ0v) is 10.7. The van der Waals surface area contributed by atoms with Crippen molar-refractivity contribution in [1.82, 2.24) is 0 Å². The third-order valence-corrected chi connectivity index (χ3v) is 2.55. The van der Waals surface area contributed by atoms with Gasteiger partial charge < -0.3 is 15.2 Å². The molecule has 2 rings (SSSR count).